The van der Waals surface area contributed by atoms with E-state index in [2.05, 4.69) is 60.2 Å². The third-order valence-corrected chi connectivity index (χ3v) is 5.54. The highest BCUT2D eigenvalue weighted by Crippen LogP contribution is 2.26. The minimum atomic E-state index is -0.189. The molecule has 28 heavy (non-hydrogen) atoms. The van der Waals surface area contributed by atoms with Crippen LogP contribution < -0.4 is 4.80 Å². The summed E-state index contributed by atoms with van der Waals surface area (Å²) in [5.74, 6) is -0.189. The van der Waals surface area contributed by atoms with E-state index in [1.54, 1.807) is 18.3 Å². The summed E-state index contributed by atoms with van der Waals surface area (Å²) in [5, 5.41) is 2.08. The molecular weight excluding hydrogens is 367 g/mol. The summed E-state index contributed by atoms with van der Waals surface area (Å²) in [6, 6.07) is 21.8. The summed E-state index contributed by atoms with van der Waals surface area (Å²) in [4.78, 5) is 5.75. The smallest absolute Gasteiger partial charge is 0.195 e. The molecule has 0 fully saturated rings. The first-order valence-corrected chi connectivity index (χ1v) is 10.0. The molecule has 0 amide bonds. The second-order valence-corrected chi connectivity index (χ2v) is 7.82. The van der Waals surface area contributed by atoms with Gasteiger partial charge in [-0.15, -0.1) is 11.3 Å². The van der Waals surface area contributed by atoms with Crippen LogP contribution in [-0.2, 0) is 0 Å². The molecule has 3 aromatic carbocycles. The van der Waals surface area contributed by atoms with Crippen LogP contribution in [0.1, 0.15) is 16.7 Å². The molecule has 0 aliphatic heterocycles. The summed E-state index contributed by atoms with van der Waals surface area (Å²) >= 11 is 1.58. The van der Waals surface area contributed by atoms with Crippen molar-refractivity contribution in [2.75, 3.05) is 0 Å². The van der Waals surface area contributed by atoms with Crippen molar-refractivity contribution in [1.29, 1.82) is 0 Å². The molecule has 4 heteroatoms. The maximum atomic E-state index is 13.8. The molecule has 0 aliphatic carbocycles. The van der Waals surface area contributed by atoms with E-state index in [1.807, 2.05) is 24.3 Å². The first kappa shape index (κ1) is 18.4. The number of hydrogen-bond acceptors (Lipinski definition) is 2. The Hall–Kier alpha value is -2.98. The standard InChI is InChI=1S/C24H21FN2S/c1-16-4-9-20(10-5-16)26-24-27(21-11-6-17(2)7-12-21)23(15-28-24)19-8-13-22(25)18(3)14-19/h4-15H,1-3H3. The Bertz CT molecular complexity index is 1180. The van der Waals surface area contributed by atoms with E-state index in [0.29, 0.717) is 5.56 Å². The quantitative estimate of drug-likeness (QED) is 0.381. The van der Waals surface area contributed by atoms with Crippen LogP contribution in [0.3, 0.4) is 0 Å². The molecule has 0 aliphatic rings. The average Bonchev–Trinajstić information content (AvgIpc) is 3.10. The van der Waals surface area contributed by atoms with Gasteiger partial charge < -0.3 is 0 Å². The predicted molar refractivity (Wildman–Crippen MR) is 115 cm³/mol. The largest absolute Gasteiger partial charge is 0.285 e. The Balaban J connectivity index is 1.94. The number of benzene rings is 3. The Labute approximate surface area is 168 Å². The second-order valence-electron chi connectivity index (χ2n) is 6.99. The van der Waals surface area contributed by atoms with Gasteiger partial charge in [-0.05, 0) is 74.4 Å². The van der Waals surface area contributed by atoms with Gasteiger partial charge in [-0.2, -0.15) is 0 Å². The molecule has 0 atom stereocenters. The summed E-state index contributed by atoms with van der Waals surface area (Å²) in [6.07, 6.45) is 0. The van der Waals surface area contributed by atoms with Gasteiger partial charge in [0.25, 0.3) is 0 Å². The maximum Gasteiger partial charge on any atom is 0.195 e. The van der Waals surface area contributed by atoms with Gasteiger partial charge >= 0.3 is 0 Å². The minimum Gasteiger partial charge on any atom is -0.285 e. The highest BCUT2D eigenvalue weighted by atomic mass is 32.1. The molecule has 0 saturated heterocycles. The maximum absolute atomic E-state index is 13.8. The van der Waals surface area contributed by atoms with Gasteiger partial charge in [-0.1, -0.05) is 35.4 Å². The Morgan fingerprint density at radius 2 is 1.46 bits per heavy atom. The second kappa shape index (κ2) is 7.56. The average molecular weight is 389 g/mol. The highest BCUT2D eigenvalue weighted by molar-refractivity contribution is 7.07. The normalized spacial score (nSPS) is 11.8. The molecule has 0 N–H and O–H groups in total. The van der Waals surface area contributed by atoms with Gasteiger partial charge in [0.15, 0.2) is 4.80 Å². The lowest BCUT2D eigenvalue weighted by Crippen LogP contribution is -2.13. The van der Waals surface area contributed by atoms with E-state index < -0.39 is 0 Å². The molecule has 0 bridgehead atoms. The van der Waals surface area contributed by atoms with Crippen molar-refractivity contribution >= 4 is 17.0 Å². The van der Waals surface area contributed by atoms with E-state index in [-0.39, 0.29) is 5.82 Å². The van der Waals surface area contributed by atoms with Gasteiger partial charge in [0.2, 0.25) is 0 Å². The molecule has 0 spiro atoms. The van der Waals surface area contributed by atoms with Gasteiger partial charge in [0.1, 0.15) is 5.82 Å². The molecule has 1 heterocycles. The van der Waals surface area contributed by atoms with E-state index >= 15 is 0 Å². The number of halogens is 1. The number of nitrogens with zero attached hydrogens (tertiary/aromatic N) is 2. The molecule has 0 saturated carbocycles. The zero-order chi connectivity index (χ0) is 19.7. The van der Waals surface area contributed by atoms with Gasteiger partial charge in [0, 0.05) is 11.1 Å². The van der Waals surface area contributed by atoms with Crippen LogP contribution >= 0.6 is 11.3 Å². The fourth-order valence-corrected chi connectivity index (χ4v) is 3.99. The van der Waals surface area contributed by atoms with E-state index in [9.17, 15) is 4.39 Å². The molecular formula is C24H21FN2S. The van der Waals surface area contributed by atoms with E-state index in [4.69, 9.17) is 4.99 Å². The third-order valence-electron chi connectivity index (χ3n) is 4.71. The predicted octanol–water partition coefficient (Wildman–Crippen LogP) is 6.50. The van der Waals surface area contributed by atoms with Crippen molar-refractivity contribution in [1.82, 2.24) is 4.57 Å². The highest BCUT2D eigenvalue weighted by Gasteiger charge is 2.11. The Morgan fingerprint density at radius 1 is 0.821 bits per heavy atom. The lowest BCUT2D eigenvalue weighted by molar-refractivity contribution is 0.618. The molecule has 0 radical (unpaired) electrons. The Morgan fingerprint density at radius 3 is 2.11 bits per heavy atom. The minimum absolute atomic E-state index is 0.189. The topological polar surface area (TPSA) is 17.3 Å². The zero-order valence-electron chi connectivity index (χ0n) is 16.1. The first-order valence-electron chi connectivity index (χ1n) is 9.17. The summed E-state index contributed by atoms with van der Waals surface area (Å²) in [5.41, 5.74) is 6.97. The molecule has 2 nitrogen and oxygen atoms in total. The van der Waals surface area contributed by atoms with Crippen LogP contribution in [-0.4, -0.2) is 4.57 Å². The van der Waals surface area contributed by atoms with Gasteiger partial charge in [0.05, 0.1) is 11.4 Å². The van der Waals surface area contributed by atoms with Crippen molar-refractivity contribution in [3.8, 4) is 16.9 Å². The van der Waals surface area contributed by atoms with Crippen molar-refractivity contribution in [2.24, 2.45) is 4.99 Å². The van der Waals surface area contributed by atoms with Crippen LogP contribution in [0.15, 0.2) is 77.1 Å². The lowest BCUT2D eigenvalue weighted by atomic mass is 10.1. The molecule has 0 unspecified atom stereocenters. The summed E-state index contributed by atoms with van der Waals surface area (Å²) in [7, 11) is 0. The summed E-state index contributed by atoms with van der Waals surface area (Å²) < 4.78 is 15.9. The first-order chi connectivity index (χ1) is 13.5. The van der Waals surface area contributed by atoms with Crippen molar-refractivity contribution in [2.45, 2.75) is 20.8 Å². The Kier molecular flexibility index (Phi) is 4.97. The molecule has 1 aromatic heterocycles. The molecule has 140 valence electrons. The number of aromatic nitrogens is 1. The fourth-order valence-electron chi connectivity index (χ4n) is 3.07. The van der Waals surface area contributed by atoms with Gasteiger partial charge in [-0.25, -0.2) is 9.38 Å². The molecule has 4 rings (SSSR count). The van der Waals surface area contributed by atoms with Crippen LogP contribution in [0.4, 0.5) is 10.1 Å². The summed E-state index contributed by atoms with van der Waals surface area (Å²) in [6.45, 7) is 5.93. The zero-order valence-corrected chi connectivity index (χ0v) is 16.9. The van der Waals surface area contributed by atoms with E-state index in [0.717, 1.165) is 27.4 Å². The van der Waals surface area contributed by atoms with Gasteiger partial charge in [-0.3, -0.25) is 4.57 Å². The van der Waals surface area contributed by atoms with E-state index in [1.165, 1.54) is 17.2 Å². The number of hydrogen-bond donors (Lipinski definition) is 0. The van der Waals surface area contributed by atoms with Crippen LogP contribution in [0.5, 0.6) is 0 Å². The SMILES string of the molecule is Cc1ccc(N=c2scc(-c3ccc(F)c(C)c3)n2-c2ccc(C)cc2)cc1. The third kappa shape index (κ3) is 3.69. The van der Waals surface area contributed by atoms with Crippen molar-refractivity contribution in [3.63, 3.8) is 0 Å². The number of aryl methyl sites for hydroxylation is 3. The van der Waals surface area contributed by atoms with Crippen LogP contribution in [0, 0.1) is 26.6 Å². The number of rotatable bonds is 3. The monoisotopic (exact) mass is 388 g/mol. The lowest BCUT2D eigenvalue weighted by Gasteiger charge is -2.11. The molecule has 4 aromatic rings. The van der Waals surface area contributed by atoms with Crippen LogP contribution in [0.2, 0.25) is 0 Å². The van der Waals surface area contributed by atoms with Crippen molar-refractivity contribution in [3.05, 3.63) is 99.4 Å². The fraction of sp³-hybridized carbons (Fsp3) is 0.125. The van der Waals surface area contributed by atoms with Crippen LogP contribution in [0.25, 0.3) is 16.9 Å². The van der Waals surface area contributed by atoms with Crippen molar-refractivity contribution < 1.29 is 4.39 Å². The number of thiazole rings is 1.